The highest BCUT2D eigenvalue weighted by Crippen LogP contribution is 2.39. The van der Waals surface area contributed by atoms with Gasteiger partial charge in [0.2, 0.25) is 0 Å². The largest absolute Gasteiger partial charge is 0.379 e. The Hall–Kier alpha value is -1.59. The number of hydrogen-bond acceptors (Lipinski definition) is 3. The topological polar surface area (TPSA) is 44.8 Å². The van der Waals surface area contributed by atoms with Gasteiger partial charge in [-0.2, -0.15) is 0 Å². The van der Waals surface area contributed by atoms with E-state index in [1.165, 1.54) is 31.2 Å². The third-order valence-electron chi connectivity index (χ3n) is 6.09. The zero-order valence-electron chi connectivity index (χ0n) is 15.6. The number of piperidine rings is 1. The molecular weight excluding hydrogens is 326 g/mol. The maximum absolute atomic E-state index is 12.9. The van der Waals surface area contributed by atoms with Crippen LogP contribution in [0.15, 0.2) is 30.3 Å². The number of carbonyl (C=O) groups is 1. The minimum Gasteiger partial charge on any atom is -0.379 e. The summed E-state index contributed by atoms with van der Waals surface area (Å²) in [6, 6.07) is 11.4. The van der Waals surface area contributed by atoms with Gasteiger partial charge in [-0.1, -0.05) is 30.3 Å². The molecule has 4 rings (SSSR count). The lowest BCUT2D eigenvalue weighted by atomic mass is 9.98. The average Bonchev–Trinajstić information content (AvgIpc) is 3.55. The maximum Gasteiger partial charge on any atom is 0.317 e. The first-order chi connectivity index (χ1) is 12.8. The van der Waals surface area contributed by atoms with Gasteiger partial charge >= 0.3 is 6.03 Å². The molecule has 2 unspecified atom stereocenters. The van der Waals surface area contributed by atoms with Crippen LogP contribution in [0, 0.1) is 5.92 Å². The van der Waals surface area contributed by atoms with Crippen molar-refractivity contribution in [3.05, 3.63) is 35.9 Å². The average molecular weight is 357 g/mol. The zero-order chi connectivity index (χ0) is 17.8. The van der Waals surface area contributed by atoms with Crippen molar-refractivity contribution in [2.45, 2.75) is 44.2 Å². The van der Waals surface area contributed by atoms with Crippen molar-refractivity contribution < 1.29 is 9.53 Å². The number of carbonyl (C=O) groups excluding carboxylic acids is 1. The van der Waals surface area contributed by atoms with E-state index in [0.29, 0.717) is 12.6 Å². The van der Waals surface area contributed by atoms with Crippen LogP contribution >= 0.6 is 0 Å². The summed E-state index contributed by atoms with van der Waals surface area (Å²) in [6.07, 6.45) is 6.20. The Balaban J connectivity index is 1.41. The fourth-order valence-electron chi connectivity index (χ4n) is 4.49. The van der Waals surface area contributed by atoms with Crippen molar-refractivity contribution in [1.82, 2.24) is 15.1 Å². The number of amides is 2. The van der Waals surface area contributed by atoms with Crippen LogP contribution in [-0.4, -0.2) is 61.3 Å². The van der Waals surface area contributed by atoms with Crippen LogP contribution in [0.5, 0.6) is 0 Å². The van der Waals surface area contributed by atoms with Gasteiger partial charge in [0.25, 0.3) is 0 Å². The van der Waals surface area contributed by atoms with Crippen LogP contribution < -0.4 is 5.32 Å². The first-order valence-electron chi connectivity index (χ1n) is 10.2. The number of urea groups is 1. The maximum atomic E-state index is 12.9. The Kier molecular flexibility index (Phi) is 5.75. The first-order valence-corrected chi connectivity index (χ1v) is 10.2. The summed E-state index contributed by atoms with van der Waals surface area (Å²) in [5, 5.41) is 3.27. The van der Waals surface area contributed by atoms with Crippen molar-refractivity contribution in [3.8, 4) is 0 Å². The van der Waals surface area contributed by atoms with E-state index < -0.39 is 0 Å². The van der Waals surface area contributed by atoms with Crippen LogP contribution in [0.3, 0.4) is 0 Å². The second-order valence-corrected chi connectivity index (χ2v) is 7.85. The smallest absolute Gasteiger partial charge is 0.317 e. The number of morpholine rings is 1. The highest BCUT2D eigenvalue weighted by Gasteiger charge is 2.38. The summed E-state index contributed by atoms with van der Waals surface area (Å²) in [4.78, 5) is 17.5. The molecule has 1 aliphatic carbocycles. The van der Waals surface area contributed by atoms with Gasteiger partial charge in [-0.15, -0.1) is 0 Å². The Morgan fingerprint density at radius 1 is 1.08 bits per heavy atom. The van der Waals surface area contributed by atoms with Gasteiger partial charge in [0.1, 0.15) is 0 Å². The van der Waals surface area contributed by atoms with E-state index >= 15 is 0 Å². The van der Waals surface area contributed by atoms with Gasteiger partial charge in [-0.25, -0.2) is 4.79 Å². The van der Waals surface area contributed by atoms with E-state index in [2.05, 4.69) is 39.4 Å². The molecule has 1 aromatic carbocycles. The molecule has 3 fully saturated rings. The molecule has 1 saturated carbocycles. The standard InChI is InChI=1S/C21H31N3O2/c25-21(24-11-5-4-8-19(24)18-9-10-18)22-16-20(17-6-2-1-3-7-17)23-12-14-26-15-13-23/h1-3,6-7,18-20H,4-5,8-16H2,(H,22,25). The Morgan fingerprint density at radius 2 is 1.85 bits per heavy atom. The summed E-state index contributed by atoms with van der Waals surface area (Å²) in [5.41, 5.74) is 1.27. The molecule has 0 bridgehead atoms. The second-order valence-electron chi connectivity index (χ2n) is 7.85. The minimum absolute atomic E-state index is 0.135. The molecule has 2 saturated heterocycles. The SMILES string of the molecule is O=C(NCC(c1ccccc1)N1CCOCC1)N1CCCCC1C1CC1. The number of benzene rings is 1. The van der Waals surface area contributed by atoms with Crippen LogP contribution in [0.1, 0.15) is 43.7 Å². The predicted octanol–water partition coefficient (Wildman–Crippen LogP) is 3.03. The number of ether oxygens (including phenoxy) is 1. The summed E-state index contributed by atoms with van der Waals surface area (Å²) in [7, 11) is 0. The number of rotatable bonds is 5. The Bertz CT molecular complexity index is 584. The molecule has 3 aliphatic rings. The molecular formula is C21H31N3O2. The first kappa shape index (κ1) is 17.8. The van der Waals surface area contributed by atoms with Crippen molar-refractivity contribution >= 4 is 6.03 Å². The molecule has 2 atom stereocenters. The van der Waals surface area contributed by atoms with Gasteiger partial charge in [0.05, 0.1) is 19.3 Å². The quantitative estimate of drug-likeness (QED) is 0.881. The Labute approximate surface area is 156 Å². The van der Waals surface area contributed by atoms with Gasteiger partial charge in [0, 0.05) is 32.2 Å². The number of nitrogens with zero attached hydrogens (tertiary/aromatic N) is 2. The van der Waals surface area contributed by atoms with E-state index in [-0.39, 0.29) is 12.1 Å². The normalized spacial score (nSPS) is 25.7. The van der Waals surface area contributed by atoms with E-state index in [1.54, 1.807) is 0 Å². The lowest BCUT2D eigenvalue weighted by molar-refractivity contribution is 0.0162. The molecule has 2 aliphatic heterocycles. The molecule has 0 radical (unpaired) electrons. The van der Waals surface area contributed by atoms with Gasteiger partial charge in [0.15, 0.2) is 0 Å². The third-order valence-corrected chi connectivity index (χ3v) is 6.09. The van der Waals surface area contributed by atoms with Crippen molar-refractivity contribution in [2.75, 3.05) is 39.4 Å². The van der Waals surface area contributed by atoms with E-state index in [0.717, 1.165) is 45.2 Å². The molecule has 2 amide bonds. The van der Waals surface area contributed by atoms with Crippen LogP contribution in [0.25, 0.3) is 0 Å². The van der Waals surface area contributed by atoms with Gasteiger partial charge in [-0.05, 0) is 43.6 Å². The van der Waals surface area contributed by atoms with Crippen molar-refractivity contribution in [1.29, 1.82) is 0 Å². The van der Waals surface area contributed by atoms with Crippen molar-refractivity contribution in [3.63, 3.8) is 0 Å². The molecule has 26 heavy (non-hydrogen) atoms. The zero-order valence-corrected chi connectivity index (χ0v) is 15.6. The minimum atomic E-state index is 0.135. The Morgan fingerprint density at radius 3 is 2.58 bits per heavy atom. The number of nitrogens with one attached hydrogen (secondary N) is 1. The van der Waals surface area contributed by atoms with Crippen LogP contribution in [-0.2, 0) is 4.74 Å². The van der Waals surface area contributed by atoms with E-state index in [9.17, 15) is 4.79 Å². The number of hydrogen-bond donors (Lipinski definition) is 1. The molecule has 0 aromatic heterocycles. The molecule has 5 heteroatoms. The monoisotopic (exact) mass is 357 g/mol. The lowest BCUT2D eigenvalue weighted by Crippen LogP contribution is -2.51. The molecule has 2 heterocycles. The van der Waals surface area contributed by atoms with Gasteiger partial charge < -0.3 is 15.0 Å². The summed E-state index contributed by atoms with van der Waals surface area (Å²) >= 11 is 0. The fraction of sp³-hybridized carbons (Fsp3) is 0.667. The molecule has 1 aromatic rings. The highest BCUT2D eigenvalue weighted by atomic mass is 16.5. The van der Waals surface area contributed by atoms with Gasteiger partial charge in [-0.3, -0.25) is 4.90 Å². The fourth-order valence-corrected chi connectivity index (χ4v) is 4.49. The van der Waals surface area contributed by atoms with E-state index in [1.807, 2.05) is 6.07 Å². The predicted molar refractivity (Wildman–Crippen MR) is 102 cm³/mol. The van der Waals surface area contributed by atoms with Crippen LogP contribution in [0.4, 0.5) is 4.79 Å². The lowest BCUT2D eigenvalue weighted by Gasteiger charge is -2.38. The molecule has 5 nitrogen and oxygen atoms in total. The molecule has 1 N–H and O–H groups in total. The summed E-state index contributed by atoms with van der Waals surface area (Å²) in [6.45, 7) is 4.96. The molecule has 142 valence electrons. The highest BCUT2D eigenvalue weighted by molar-refractivity contribution is 5.74. The van der Waals surface area contributed by atoms with Crippen LogP contribution in [0.2, 0.25) is 0 Å². The van der Waals surface area contributed by atoms with E-state index in [4.69, 9.17) is 4.74 Å². The summed E-state index contributed by atoms with van der Waals surface area (Å²) < 4.78 is 5.52. The third kappa shape index (κ3) is 4.21. The molecule has 0 spiro atoms. The second kappa shape index (κ2) is 8.40. The number of likely N-dealkylation sites (tertiary alicyclic amines) is 1. The summed E-state index contributed by atoms with van der Waals surface area (Å²) in [5.74, 6) is 0.755. The van der Waals surface area contributed by atoms with Crippen molar-refractivity contribution in [2.24, 2.45) is 5.92 Å².